The van der Waals surface area contributed by atoms with E-state index in [1.54, 1.807) is 0 Å². The minimum Gasteiger partial charge on any atom is -0.488 e. The van der Waals surface area contributed by atoms with E-state index in [1.807, 2.05) is 6.07 Å². The van der Waals surface area contributed by atoms with E-state index < -0.39 is 0 Å². The van der Waals surface area contributed by atoms with Gasteiger partial charge in [-0.05, 0) is 12.1 Å². The van der Waals surface area contributed by atoms with Crippen LogP contribution >= 0.6 is 0 Å². The predicted molar refractivity (Wildman–Crippen MR) is 58.2 cm³/mol. The molecule has 0 radical (unpaired) electrons. The summed E-state index contributed by atoms with van der Waals surface area (Å²) in [7, 11) is 0. The van der Waals surface area contributed by atoms with Crippen LogP contribution in [0.2, 0.25) is 0 Å². The third kappa shape index (κ3) is 1.88. The fourth-order valence-corrected chi connectivity index (χ4v) is 2.02. The number of piperazine rings is 1. The van der Waals surface area contributed by atoms with Crippen LogP contribution in [0, 0.1) is 0 Å². The summed E-state index contributed by atoms with van der Waals surface area (Å²) >= 11 is 5.62. The first-order chi connectivity index (χ1) is 6.31. The van der Waals surface area contributed by atoms with Gasteiger partial charge in [0.2, 0.25) is 0 Å². The average Bonchev–Trinajstić information content (AvgIpc) is 2.20. The summed E-state index contributed by atoms with van der Waals surface area (Å²) in [6, 6.07) is 10.4. The first-order valence-electron chi connectivity index (χ1n) is 4.66. The van der Waals surface area contributed by atoms with Gasteiger partial charge in [-0.2, -0.15) is 0 Å². The summed E-state index contributed by atoms with van der Waals surface area (Å²) in [6.45, 7) is 4.08. The fraction of sp³-hybridized carbons (Fsp3) is 0.400. The molecule has 0 unspecified atom stereocenters. The molecule has 13 heavy (non-hydrogen) atoms. The van der Waals surface area contributed by atoms with E-state index in [0.717, 1.165) is 26.2 Å². The molecular formula is C10H14N2S. The number of hydrogen-bond acceptors (Lipinski definition) is 2. The number of rotatable bonds is 1. The Morgan fingerprint density at radius 1 is 1.08 bits per heavy atom. The van der Waals surface area contributed by atoms with Gasteiger partial charge in [0.05, 0.1) is 13.1 Å². The van der Waals surface area contributed by atoms with Crippen molar-refractivity contribution in [3.05, 3.63) is 30.3 Å². The lowest BCUT2D eigenvalue weighted by Crippen LogP contribution is -2.55. The summed E-state index contributed by atoms with van der Waals surface area (Å²) in [6.07, 6.45) is 0. The van der Waals surface area contributed by atoms with Gasteiger partial charge in [-0.15, -0.1) is 0 Å². The second-order valence-corrected chi connectivity index (χ2v) is 4.12. The van der Waals surface area contributed by atoms with Crippen molar-refractivity contribution in [2.45, 2.75) is 0 Å². The first kappa shape index (κ1) is 9.06. The van der Waals surface area contributed by atoms with Crippen molar-refractivity contribution in [1.82, 2.24) is 9.21 Å². The standard InChI is InChI=1S/C10H14N2S/c13-12(8-6-11-7-9-12)10-4-2-1-3-5-10/h1-5,11H,6-9H2. The summed E-state index contributed by atoms with van der Waals surface area (Å²) in [5.41, 5.74) is 1.25. The summed E-state index contributed by atoms with van der Waals surface area (Å²) < 4.78 is 0.661. The molecule has 0 saturated carbocycles. The lowest BCUT2D eigenvalue weighted by molar-refractivity contribution is 0.392. The van der Waals surface area contributed by atoms with Crippen molar-refractivity contribution in [2.75, 3.05) is 26.2 Å². The number of benzene rings is 1. The molecule has 0 amide bonds. The minimum atomic E-state index is 0.661. The van der Waals surface area contributed by atoms with Crippen LogP contribution in [-0.4, -0.2) is 26.2 Å². The van der Waals surface area contributed by atoms with Crippen molar-refractivity contribution in [2.24, 2.45) is 0 Å². The van der Waals surface area contributed by atoms with E-state index in [0.29, 0.717) is 3.89 Å². The molecule has 0 aromatic heterocycles. The second-order valence-electron chi connectivity index (χ2n) is 3.42. The Bertz CT molecular complexity index is 268. The smallest absolute Gasteiger partial charge is 0.115 e. The SMILES string of the molecule is [S-][N+]1(c2ccccc2)CCNCC1. The van der Waals surface area contributed by atoms with Crippen LogP contribution in [-0.2, 0) is 12.8 Å². The van der Waals surface area contributed by atoms with Crippen LogP contribution < -0.4 is 9.21 Å². The van der Waals surface area contributed by atoms with Crippen LogP contribution in [0.15, 0.2) is 30.3 Å². The Kier molecular flexibility index (Phi) is 2.58. The van der Waals surface area contributed by atoms with Crippen LogP contribution in [0.3, 0.4) is 0 Å². The molecule has 1 aromatic rings. The molecule has 3 heteroatoms. The quantitative estimate of drug-likeness (QED) is 0.530. The van der Waals surface area contributed by atoms with Gasteiger partial charge in [0, 0.05) is 13.1 Å². The molecule has 1 aliphatic heterocycles. The molecule has 0 spiro atoms. The summed E-state index contributed by atoms with van der Waals surface area (Å²) in [5, 5.41) is 3.33. The lowest BCUT2D eigenvalue weighted by Gasteiger charge is -2.46. The van der Waals surface area contributed by atoms with Gasteiger partial charge in [0.25, 0.3) is 0 Å². The minimum absolute atomic E-state index is 0.661. The zero-order chi connectivity index (χ0) is 9.15. The molecule has 2 nitrogen and oxygen atoms in total. The molecule has 1 aliphatic rings. The monoisotopic (exact) mass is 194 g/mol. The normalized spacial score (nSPS) is 21.3. The van der Waals surface area contributed by atoms with Gasteiger partial charge in [-0.3, -0.25) is 0 Å². The van der Waals surface area contributed by atoms with Crippen molar-refractivity contribution in [1.29, 1.82) is 0 Å². The van der Waals surface area contributed by atoms with E-state index in [1.165, 1.54) is 5.69 Å². The van der Waals surface area contributed by atoms with Gasteiger partial charge in [0.15, 0.2) is 0 Å². The fourth-order valence-electron chi connectivity index (χ4n) is 1.71. The highest BCUT2D eigenvalue weighted by atomic mass is 32.1. The Hall–Kier alpha value is -0.510. The number of nitrogens with one attached hydrogen (secondary N) is 1. The number of nitrogens with zero attached hydrogens (tertiary/aromatic N) is 1. The molecule has 2 rings (SSSR count). The highest BCUT2D eigenvalue weighted by Crippen LogP contribution is 2.21. The third-order valence-corrected chi connectivity index (χ3v) is 3.10. The average molecular weight is 194 g/mol. The van der Waals surface area contributed by atoms with Crippen molar-refractivity contribution < 1.29 is 0 Å². The van der Waals surface area contributed by atoms with Crippen molar-refractivity contribution >= 4 is 18.5 Å². The molecule has 0 aliphatic carbocycles. The Morgan fingerprint density at radius 3 is 2.31 bits per heavy atom. The van der Waals surface area contributed by atoms with E-state index >= 15 is 0 Å². The highest BCUT2D eigenvalue weighted by molar-refractivity contribution is 7.58. The summed E-state index contributed by atoms with van der Waals surface area (Å²) in [4.78, 5) is 0. The lowest BCUT2D eigenvalue weighted by atomic mass is 10.2. The van der Waals surface area contributed by atoms with Gasteiger partial charge in [-0.1, -0.05) is 18.2 Å². The molecule has 0 bridgehead atoms. The van der Waals surface area contributed by atoms with Gasteiger partial charge in [0.1, 0.15) is 5.69 Å². The molecule has 1 heterocycles. The van der Waals surface area contributed by atoms with Crippen LogP contribution in [0.4, 0.5) is 5.69 Å². The van der Waals surface area contributed by atoms with E-state index in [4.69, 9.17) is 12.8 Å². The maximum absolute atomic E-state index is 5.62. The van der Waals surface area contributed by atoms with E-state index in [9.17, 15) is 0 Å². The number of para-hydroxylation sites is 1. The van der Waals surface area contributed by atoms with Gasteiger partial charge >= 0.3 is 0 Å². The largest absolute Gasteiger partial charge is 0.488 e. The highest BCUT2D eigenvalue weighted by Gasteiger charge is 2.20. The maximum atomic E-state index is 5.62. The second kappa shape index (κ2) is 3.70. The van der Waals surface area contributed by atoms with Crippen LogP contribution in [0.1, 0.15) is 0 Å². The van der Waals surface area contributed by atoms with Gasteiger partial charge < -0.3 is 22.0 Å². The first-order valence-corrected chi connectivity index (χ1v) is 5.02. The van der Waals surface area contributed by atoms with Crippen molar-refractivity contribution in [3.8, 4) is 0 Å². The van der Waals surface area contributed by atoms with Gasteiger partial charge in [-0.25, -0.2) is 0 Å². The van der Waals surface area contributed by atoms with E-state index in [2.05, 4.69) is 29.6 Å². The Morgan fingerprint density at radius 2 is 1.69 bits per heavy atom. The van der Waals surface area contributed by atoms with E-state index in [-0.39, 0.29) is 0 Å². The predicted octanol–water partition coefficient (Wildman–Crippen LogP) is 1.06. The summed E-state index contributed by atoms with van der Waals surface area (Å²) in [5.74, 6) is 0. The number of quaternary nitrogens is 1. The molecule has 70 valence electrons. The number of hydrogen-bond donors (Lipinski definition) is 1. The van der Waals surface area contributed by atoms with Crippen LogP contribution in [0.25, 0.3) is 0 Å². The molecular weight excluding hydrogens is 180 g/mol. The maximum Gasteiger partial charge on any atom is 0.115 e. The molecule has 1 saturated heterocycles. The molecule has 1 N–H and O–H groups in total. The zero-order valence-electron chi connectivity index (χ0n) is 7.57. The zero-order valence-corrected chi connectivity index (χ0v) is 8.39. The molecule has 1 aromatic carbocycles. The molecule has 1 fully saturated rings. The molecule has 0 atom stereocenters. The third-order valence-electron chi connectivity index (χ3n) is 2.53. The Balaban J connectivity index is 2.23. The van der Waals surface area contributed by atoms with Crippen LogP contribution in [0.5, 0.6) is 0 Å². The Labute approximate surface area is 84.7 Å². The topological polar surface area (TPSA) is 12.0 Å². The van der Waals surface area contributed by atoms with Crippen molar-refractivity contribution in [3.63, 3.8) is 0 Å².